The van der Waals surface area contributed by atoms with Gasteiger partial charge in [0.05, 0.1) is 12.8 Å². The molecule has 1 atom stereocenters. The number of nitrogens with one attached hydrogen (secondary N) is 1. The Morgan fingerprint density at radius 2 is 2.05 bits per heavy atom. The fourth-order valence-electron chi connectivity index (χ4n) is 1.47. The highest BCUT2D eigenvalue weighted by atomic mass is 32.1. The van der Waals surface area contributed by atoms with Gasteiger partial charge in [0.2, 0.25) is 5.91 Å². The molecule has 1 heterocycles. The van der Waals surface area contributed by atoms with Gasteiger partial charge in [0.25, 0.3) is 5.91 Å². The van der Waals surface area contributed by atoms with E-state index in [-0.39, 0.29) is 11.6 Å². The average Bonchev–Trinajstić information content (AvgIpc) is 2.81. The van der Waals surface area contributed by atoms with Gasteiger partial charge in [0, 0.05) is 12.3 Å². The minimum absolute atomic E-state index is 0.216. The first-order valence-corrected chi connectivity index (χ1v) is 6.84. The van der Waals surface area contributed by atoms with Crippen LogP contribution in [0.4, 0.5) is 5.13 Å². The summed E-state index contributed by atoms with van der Waals surface area (Å²) in [6.45, 7) is 4.25. The van der Waals surface area contributed by atoms with Gasteiger partial charge in [-0.25, -0.2) is 9.78 Å². The van der Waals surface area contributed by atoms with Crippen LogP contribution >= 0.6 is 11.3 Å². The lowest BCUT2D eigenvalue weighted by Crippen LogP contribution is -2.40. The molecule has 1 unspecified atom stereocenters. The molecule has 0 saturated carbocycles. The molecule has 0 aromatic carbocycles. The van der Waals surface area contributed by atoms with E-state index in [1.165, 1.54) is 33.3 Å². The van der Waals surface area contributed by atoms with Crippen LogP contribution in [0.1, 0.15) is 32.6 Å². The van der Waals surface area contributed by atoms with E-state index in [0.29, 0.717) is 5.13 Å². The van der Waals surface area contributed by atoms with Crippen LogP contribution in [-0.4, -0.2) is 35.5 Å². The van der Waals surface area contributed by atoms with E-state index in [4.69, 9.17) is 10.5 Å². The van der Waals surface area contributed by atoms with Crippen LogP contribution in [0.2, 0.25) is 0 Å². The number of hydrogen-bond donors (Lipinski definition) is 2. The molecule has 0 bridgehead atoms. The van der Waals surface area contributed by atoms with Crippen LogP contribution in [0, 0.1) is 0 Å². The van der Waals surface area contributed by atoms with Crippen molar-refractivity contribution in [2.45, 2.75) is 32.5 Å². The molecule has 0 radical (unpaired) electrons. The average molecular weight is 315 g/mol. The van der Waals surface area contributed by atoms with Crippen LogP contribution in [0.5, 0.6) is 0 Å². The number of carbonyl (C=O) groups excluding carboxylic acids is 3. The normalized spacial score (nSPS) is 12.6. The highest BCUT2D eigenvalue weighted by molar-refractivity contribution is 7.13. The maximum absolute atomic E-state index is 11.6. The number of esters is 1. The first kappa shape index (κ1) is 17.1. The van der Waals surface area contributed by atoms with Gasteiger partial charge in [-0.1, -0.05) is 0 Å². The molecule has 0 fully saturated rings. The molecule has 0 aliphatic heterocycles. The summed E-state index contributed by atoms with van der Waals surface area (Å²) in [7, 11) is 1.21. The van der Waals surface area contributed by atoms with Crippen molar-refractivity contribution in [1.82, 2.24) is 4.98 Å². The number of methoxy groups -OCH3 is 1. The van der Waals surface area contributed by atoms with E-state index >= 15 is 0 Å². The zero-order valence-corrected chi connectivity index (χ0v) is 12.9. The fourth-order valence-corrected chi connectivity index (χ4v) is 2.24. The van der Waals surface area contributed by atoms with Crippen molar-refractivity contribution in [2.24, 2.45) is 5.73 Å². The monoisotopic (exact) mass is 315 g/mol. The quantitative estimate of drug-likeness (QED) is 0.741. The van der Waals surface area contributed by atoms with Crippen molar-refractivity contribution in [2.75, 3.05) is 12.4 Å². The second-order valence-corrected chi connectivity index (χ2v) is 5.52. The molecule has 0 aliphatic carbocycles. The van der Waals surface area contributed by atoms with Crippen molar-refractivity contribution < 1.29 is 23.9 Å². The molecule has 3 N–H and O–H groups in total. The molecule has 9 heteroatoms. The summed E-state index contributed by atoms with van der Waals surface area (Å²) in [6.07, 6.45) is -1.22. The first-order chi connectivity index (χ1) is 9.67. The number of hydrogen-bond acceptors (Lipinski definition) is 7. The summed E-state index contributed by atoms with van der Waals surface area (Å²) >= 11 is 1.12. The standard InChI is InChI=1S/C12H17N3O5S/c1-6(16)14-11-15-7(5-21-11)8(9(13)17)20-12(2,3)10(18)19-4/h5,8H,1-4H3,(H2,13,17)(H,14,15,16). The van der Waals surface area contributed by atoms with Gasteiger partial charge in [-0.2, -0.15) is 0 Å². The Kier molecular flexibility index (Phi) is 5.39. The zero-order chi connectivity index (χ0) is 16.2. The topological polar surface area (TPSA) is 121 Å². The van der Waals surface area contributed by atoms with Crippen LogP contribution < -0.4 is 11.1 Å². The molecule has 0 saturated heterocycles. The van der Waals surface area contributed by atoms with E-state index in [1.807, 2.05) is 0 Å². The van der Waals surface area contributed by atoms with Crippen molar-refractivity contribution in [1.29, 1.82) is 0 Å². The van der Waals surface area contributed by atoms with Gasteiger partial charge in [-0.3, -0.25) is 9.59 Å². The predicted molar refractivity (Wildman–Crippen MR) is 75.5 cm³/mol. The van der Waals surface area contributed by atoms with Crippen LogP contribution in [0.3, 0.4) is 0 Å². The highest BCUT2D eigenvalue weighted by Crippen LogP contribution is 2.27. The lowest BCUT2D eigenvalue weighted by Gasteiger charge is -2.26. The molecule has 0 aliphatic rings. The van der Waals surface area contributed by atoms with Gasteiger partial charge in [0.1, 0.15) is 0 Å². The third kappa shape index (κ3) is 4.50. The van der Waals surface area contributed by atoms with Gasteiger partial charge in [0.15, 0.2) is 16.8 Å². The Bertz CT molecular complexity index is 555. The summed E-state index contributed by atoms with van der Waals surface area (Å²) in [4.78, 5) is 38.1. The number of nitrogens with zero attached hydrogens (tertiary/aromatic N) is 1. The Morgan fingerprint density at radius 3 is 2.52 bits per heavy atom. The predicted octanol–water partition coefficient (Wildman–Crippen LogP) is 0.596. The third-order valence-corrected chi connectivity index (χ3v) is 3.20. The Labute approximate surface area is 125 Å². The summed E-state index contributed by atoms with van der Waals surface area (Å²) in [6, 6.07) is 0. The number of anilines is 1. The van der Waals surface area contributed by atoms with E-state index in [0.717, 1.165) is 11.3 Å². The molecule has 1 aromatic heterocycles. The Balaban J connectivity index is 2.97. The third-order valence-electron chi connectivity index (χ3n) is 2.42. The number of thiazole rings is 1. The van der Waals surface area contributed by atoms with Crippen LogP contribution in [0.15, 0.2) is 5.38 Å². The van der Waals surface area contributed by atoms with Crippen molar-refractivity contribution in [3.63, 3.8) is 0 Å². The largest absolute Gasteiger partial charge is 0.467 e. The molecule has 1 aromatic rings. The van der Waals surface area contributed by atoms with Gasteiger partial charge >= 0.3 is 5.97 Å². The second kappa shape index (κ2) is 6.64. The van der Waals surface area contributed by atoms with E-state index in [2.05, 4.69) is 15.0 Å². The molecule has 8 nitrogen and oxygen atoms in total. The smallest absolute Gasteiger partial charge is 0.337 e. The van der Waals surface area contributed by atoms with Gasteiger partial charge in [-0.15, -0.1) is 11.3 Å². The minimum Gasteiger partial charge on any atom is -0.467 e. The molecular formula is C12H17N3O5S. The molecule has 2 amide bonds. The van der Waals surface area contributed by atoms with Crippen molar-refractivity contribution in [3.8, 4) is 0 Å². The van der Waals surface area contributed by atoms with Crippen molar-refractivity contribution in [3.05, 3.63) is 11.1 Å². The fraction of sp³-hybridized carbons (Fsp3) is 0.500. The number of rotatable bonds is 6. The summed E-state index contributed by atoms with van der Waals surface area (Å²) in [5.41, 5.74) is 4.14. The Hall–Kier alpha value is -2.00. The minimum atomic E-state index is -1.37. The summed E-state index contributed by atoms with van der Waals surface area (Å²) < 4.78 is 10.0. The Morgan fingerprint density at radius 1 is 1.43 bits per heavy atom. The molecule has 0 spiro atoms. The second-order valence-electron chi connectivity index (χ2n) is 4.66. The number of primary amides is 1. The lowest BCUT2D eigenvalue weighted by atomic mass is 10.1. The number of aromatic nitrogens is 1. The number of amides is 2. The number of ether oxygens (including phenoxy) is 2. The lowest BCUT2D eigenvalue weighted by molar-refractivity contribution is -0.174. The van der Waals surface area contributed by atoms with Crippen LogP contribution in [-0.2, 0) is 23.9 Å². The molecule has 116 valence electrons. The van der Waals surface area contributed by atoms with E-state index in [1.54, 1.807) is 0 Å². The van der Waals surface area contributed by atoms with Crippen LogP contribution in [0.25, 0.3) is 0 Å². The first-order valence-electron chi connectivity index (χ1n) is 5.96. The van der Waals surface area contributed by atoms with Gasteiger partial charge < -0.3 is 20.5 Å². The maximum Gasteiger partial charge on any atom is 0.337 e. The van der Waals surface area contributed by atoms with E-state index in [9.17, 15) is 14.4 Å². The number of carbonyl (C=O) groups is 3. The highest BCUT2D eigenvalue weighted by Gasteiger charge is 2.36. The molecule has 21 heavy (non-hydrogen) atoms. The maximum atomic E-state index is 11.6. The zero-order valence-electron chi connectivity index (χ0n) is 12.1. The molecular weight excluding hydrogens is 298 g/mol. The molecule has 1 rings (SSSR count). The van der Waals surface area contributed by atoms with E-state index < -0.39 is 23.6 Å². The summed E-state index contributed by atoms with van der Waals surface area (Å²) in [5.74, 6) is -1.74. The SMILES string of the molecule is COC(=O)C(C)(C)OC(C(N)=O)c1csc(NC(C)=O)n1. The van der Waals surface area contributed by atoms with Crippen molar-refractivity contribution >= 4 is 34.3 Å². The van der Waals surface area contributed by atoms with Gasteiger partial charge in [-0.05, 0) is 13.8 Å². The summed E-state index contributed by atoms with van der Waals surface area (Å²) in [5, 5.41) is 4.32. The number of nitrogens with two attached hydrogens (primary N) is 1.